The molecule has 2 fully saturated rings. The van der Waals surface area contributed by atoms with E-state index in [0.717, 1.165) is 0 Å². The molecule has 2 aliphatic heterocycles. The lowest BCUT2D eigenvalue weighted by atomic mass is 9.93. The lowest BCUT2D eigenvalue weighted by molar-refractivity contribution is -0.0714. The quantitative estimate of drug-likeness (QED) is 0.108. The molecule has 0 aliphatic carbocycles. The van der Waals surface area contributed by atoms with Gasteiger partial charge in [-0.15, -0.1) is 6.58 Å². The van der Waals surface area contributed by atoms with Crippen LogP contribution in [-0.4, -0.2) is 26.4 Å². The van der Waals surface area contributed by atoms with Gasteiger partial charge in [-0.1, -0.05) is 139 Å². The first-order valence-corrected chi connectivity index (χ1v) is 17.9. The molecule has 0 unspecified atom stereocenters. The van der Waals surface area contributed by atoms with E-state index in [9.17, 15) is 0 Å². The smallest absolute Gasteiger partial charge is 0.397 e. The van der Waals surface area contributed by atoms with Crippen LogP contribution >= 0.6 is 17.2 Å². The van der Waals surface area contributed by atoms with Gasteiger partial charge in [-0.2, -0.15) is 0 Å². The fourth-order valence-corrected chi connectivity index (χ4v) is 4.62. The van der Waals surface area contributed by atoms with Crippen LogP contribution in [0.5, 0.6) is 0 Å². The topological polar surface area (TPSA) is 55.4 Å². The molecule has 0 radical (unpaired) electrons. The Balaban J connectivity index is -0.000000197. The van der Waals surface area contributed by atoms with Gasteiger partial charge >= 0.3 is 17.2 Å². The molecule has 8 heteroatoms. The summed E-state index contributed by atoms with van der Waals surface area (Å²) in [4.78, 5) is 0. The Bertz CT molecular complexity index is 697. The van der Waals surface area contributed by atoms with Crippen molar-refractivity contribution in [3.05, 3.63) is 98.6 Å². The van der Waals surface area contributed by atoms with E-state index in [1.165, 1.54) is 0 Å². The summed E-state index contributed by atoms with van der Waals surface area (Å²) < 4.78 is 34.6. The predicted molar refractivity (Wildman–Crippen MR) is 197 cm³/mol. The summed E-state index contributed by atoms with van der Waals surface area (Å²) in [6.07, 6.45) is 17.4. The van der Waals surface area contributed by atoms with Gasteiger partial charge in [0.15, 0.2) is 0 Å². The van der Waals surface area contributed by atoms with Gasteiger partial charge in [0.25, 0.3) is 0 Å². The van der Waals surface area contributed by atoms with E-state index in [4.69, 9.17) is 27.1 Å². The minimum absolute atomic E-state index is 0.368. The van der Waals surface area contributed by atoms with Crippen molar-refractivity contribution in [2.45, 2.75) is 96.9 Å². The molecule has 2 heterocycles. The molecule has 2 aliphatic rings. The first kappa shape index (κ1) is 53.8. The molecule has 6 nitrogen and oxygen atoms in total. The second-order valence-electron chi connectivity index (χ2n) is 6.34. The summed E-state index contributed by atoms with van der Waals surface area (Å²) in [5, 5.41) is 0. The lowest BCUT2D eigenvalue weighted by Gasteiger charge is -2.41. The van der Waals surface area contributed by atoms with Crippen molar-refractivity contribution in [3.8, 4) is 0 Å². The van der Waals surface area contributed by atoms with Crippen molar-refractivity contribution < 1.29 is 27.1 Å². The normalized spacial score (nSPS) is 20.1. The van der Waals surface area contributed by atoms with Gasteiger partial charge in [-0.25, -0.2) is 0 Å². The van der Waals surface area contributed by atoms with Crippen molar-refractivity contribution in [2.75, 3.05) is 26.4 Å². The number of hydrogen-bond acceptors (Lipinski definition) is 6. The third kappa shape index (κ3) is 31.5. The molecule has 0 aromatic carbocycles. The molecular formula is C35H68O6P2. The summed E-state index contributed by atoms with van der Waals surface area (Å²) in [5.74, 6) is 1.23. The van der Waals surface area contributed by atoms with Gasteiger partial charge in [-0.05, 0) is 38.2 Å². The molecule has 0 amide bonds. The van der Waals surface area contributed by atoms with E-state index >= 15 is 0 Å². The standard InChI is InChI=1S/C20H26O6P2.C3H6.6C2H6/c1-5-9-13-19(12-8-4)26-28-23-16-20(17-24-28)14-21-27(22-15-20)25-18(10-6-2)11-7-3;1-3-2;6*1-2/h5-13H,1-2,4,14-17H2,3H3;3H,1H2,2H3;6*1-2H3/b11-7-,13-9-,18-10+,19-12+;;;;;;;. The van der Waals surface area contributed by atoms with Crippen LogP contribution in [0.1, 0.15) is 96.9 Å². The Labute approximate surface area is 271 Å². The maximum Gasteiger partial charge on any atom is 0.397 e. The first-order valence-electron chi connectivity index (χ1n) is 15.7. The SMILES string of the molecule is C=C/C=C\C(=C/C=C)OP1OCC2(COP(OC(/C=C\C)=C/C=C)OC2)CO1.C=CC.CC.CC.CC.CC.CC.CC. The minimum Gasteiger partial charge on any atom is -0.427 e. The molecule has 0 aromatic rings. The zero-order valence-corrected chi connectivity index (χ0v) is 32.1. The predicted octanol–water partition coefficient (Wildman–Crippen LogP) is 13.4. The van der Waals surface area contributed by atoms with Crippen molar-refractivity contribution in [1.29, 1.82) is 0 Å². The van der Waals surface area contributed by atoms with Gasteiger partial charge in [0.1, 0.15) is 11.5 Å². The summed E-state index contributed by atoms with van der Waals surface area (Å²) in [6.45, 7) is 43.8. The molecule has 1 spiro atoms. The average molecular weight is 647 g/mol. The van der Waals surface area contributed by atoms with E-state index < -0.39 is 17.2 Å². The molecule has 2 saturated heterocycles. The van der Waals surface area contributed by atoms with Crippen LogP contribution in [0.25, 0.3) is 0 Å². The summed E-state index contributed by atoms with van der Waals surface area (Å²) in [6, 6.07) is 0. The minimum atomic E-state index is -1.49. The highest BCUT2D eigenvalue weighted by Gasteiger charge is 2.44. The van der Waals surface area contributed by atoms with Gasteiger partial charge < -0.3 is 27.1 Å². The molecule has 0 atom stereocenters. The highest BCUT2D eigenvalue weighted by atomic mass is 31.2. The Kier molecular flexibility index (Phi) is 59.0. The zero-order valence-electron chi connectivity index (χ0n) is 30.3. The van der Waals surface area contributed by atoms with Crippen molar-refractivity contribution in [2.24, 2.45) is 5.41 Å². The zero-order chi connectivity index (χ0) is 35.0. The van der Waals surface area contributed by atoms with Crippen LogP contribution < -0.4 is 0 Å². The van der Waals surface area contributed by atoms with Gasteiger partial charge in [0.2, 0.25) is 0 Å². The van der Waals surface area contributed by atoms with Crippen molar-refractivity contribution >= 4 is 17.2 Å². The maximum atomic E-state index is 5.78. The Morgan fingerprint density at radius 2 is 0.860 bits per heavy atom. The van der Waals surface area contributed by atoms with Crippen LogP contribution in [0.3, 0.4) is 0 Å². The Morgan fingerprint density at radius 1 is 0.558 bits per heavy atom. The molecule has 0 bridgehead atoms. The molecule has 0 N–H and O–H groups in total. The molecule has 43 heavy (non-hydrogen) atoms. The van der Waals surface area contributed by atoms with Gasteiger partial charge in [0, 0.05) is 0 Å². The lowest BCUT2D eigenvalue weighted by Crippen LogP contribution is -2.44. The van der Waals surface area contributed by atoms with E-state index in [1.807, 2.05) is 109 Å². The number of rotatable bonds is 9. The monoisotopic (exact) mass is 646 g/mol. The van der Waals surface area contributed by atoms with Crippen LogP contribution in [0.4, 0.5) is 0 Å². The summed E-state index contributed by atoms with van der Waals surface area (Å²) >= 11 is 0. The first-order chi connectivity index (χ1) is 21.1. The van der Waals surface area contributed by atoms with Crippen LogP contribution in [0.2, 0.25) is 0 Å². The van der Waals surface area contributed by atoms with E-state index in [2.05, 4.69) is 26.3 Å². The fourth-order valence-electron chi connectivity index (χ4n) is 2.15. The third-order valence-electron chi connectivity index (χ3n) is 3.56. The molecule has 0 saturated carbocycles. The highest BCUT2D eigenvalue weighted by molar-refractivity contribution is 7.42. The van der Waals surface area contributed by atoms with Crippen molar-refractivity contribution in [3.63, 3.8) is 0 Å². The molecule has 254 valence electrons. The Morgan fingerprint density at radius 3 is 1.12 bits per heavy atom. The van der Waals surface area contributed by atoms with Gasteiger partial charge in [-0.3, -0.25) is 0 Å². The van der Waals surface area contributed by atoms with Gasteiger partial charge in [0.05, 0.1) is 31.8 Å². The van der Waals surface area contributed by atoms with Crippen LogP contribution in [0.15, 0.2) is 98.6 Å². The third-order valence-corrected chi connectivity index (χ3v) is 5.64. The van der Waals surface area contributed by atoms with Crippen LogP contribution in [-0.2, 0) is 27.1 Å². The van der Waals surface area contributed by atoms with E-state index in [0.29, 0.717) is 37.9 Å². The van der Waals surface area contributed by atoms with Crippen LogP contribution in [0, 0.1) is 5.41 Å². The second kappa shape index (κ2) is 47.2. The van der Waals surface area contributed by atoms with E-state index in [-0.39, 0.29) is 5.41 Å². The Hall–Kier alpha value is -1.78. The molecule has 0 aromatic heterocycles. The van der Waals surface area contributed by atoms with E-state index in [1.54, 1.807) is 48.6 Å². The summed E-state index contributed by atoms with van der Waals surface area (Å²) in [5.41, 5.74) is -0.368. The largest absolute Gasteiger partial charge is 0.427 e. The highest BCUT2D eigenvalue weighted by Crippen LogP contribution is 2.54. The molecule has 2 rings (SSSR count). The average Bonchev–Trinajstić information content (AvgIpc) is 3.08. The maximum absolute atomic E-state index is 5.78. The molecular weight excluding hydrogens is 578 g/mol. The number of allylic oxidation sites excluding steroid dienone is 10. The summed E-state index contributed by atoms with van der Waals surface area (Å²) in [7, 11) is -2.96. The number of hydrogen-bond donors (Lipinski definition) is 0. The second-order valence-corrected chi connectivity index (χ2v) is 8.63. The van der Waals surface area contributed by atoms with Crippen molar-refractivity contribution in [1.82, 2.24) is 0 Å². The fraction of sp³-hybridized carbons (Fsp3) is 0.543.